The second kappa shape index (κ2) is 15.2. The standard InChI is InChI=1S/C68H64.CH4/c1-65(2,3)43-31-41(32-44(37-43)66(4,5)6)59-55-28-27-40(48-29-30-54-50-22-16-15-21-49(50)53-25-17-23-52(48)61(53)54)35-57(55)60(42-33-45(67(7,8)9)38-46(34-42)68(10,11)12)63-56-26-18-24-51-47-20-14-13-19-39(47)36-58(62(51)56)64(59)63;/h13-38,49-50H,1-12H3;1H4. The Bertz CT molecular complexity index is 3610. The van der Waals surface area contributed by atoms with E-state index in [4.69, 9.17) is 0 Å². The highest BCUT2D eigenvalue weighted by Crippen LogP contribution is 2.60. The number of allylic oxidation sites excluding steroid dienone is 4. The molecule has 0 aromatic heterocycles. The van der Waals surface area contributed by atoms with Gasteiger partial charge in [0.25, 0.3) is 0 Å². The van der Waals surface area contributed by atoms with Crippen molar-refractivity contribution in [1.82, 2.24) is 0 Å². The van der Waals surface area contributed by atoms with Gasteiger partial charge >= 0.3 is 0 Å². The van der Waals surface area contributed by atoms with Crippen LogP contribution in [0.4, 0.5) is 0 Å². The first-order valence-electron chi connectivity index (χ1n) is 25.1. The normalized spacial score (nSPS) is 16.2. The number of hydrogen-bond donors (Lipinski definition) is 0. The Morgan fingerprint density at radius 2 is 0.826 bits per heavy atom. The summed E-state index contributed by atoms with van der Waals surface area (Å²) >= 11 is 0. The van der Waals surface area contributed by atoms with Crippen molar-refractivity contribution in [3.05, 3.63) is 191 Å². The highest BCUT2D eigenvalue weighted by Gasteiger charge is 2.36. The average molecular weight is 897 g/mol. The van der Waals surface area contributed by atoms with Gasteiger partial charge in [-0.05, 0) is 166 Å². The molecule has 9 aromatic rings. The molecule has 0 saturated heterocycles. The number of benzene rings is 9. The van der Waals surface area contributed by atoms with Crippen molar-refractivity contribution in [2.75, 3.05) is 0 Å². The van der Waals surface area contributed by atoms with E-state index in [1.807, 2.05) is 0 Å². The lowest BCUT2D eigenvalue weighted by Gasteiger charge is -2.29. The maximum atomic E-state index is 2.58. The zero-order valence-corrected chi connectivity index (χ0v) is 42.2. The van der Waals surface area contributed by atoms with Gasteiger partial charge in [-0.3, -0.25) is 0 Å². The third-order valence-corrected chi connectivity index (χ3v) is 15.9. The van der Waals surface area contributed by atoms with E-state index < -0.39 is 0 Å². The molecule has 3 aliphatic carbocycles. The van der Waals surface area contributed by atoms with Crippen molar-refractivity contribution in [3.63, 3.8) is 0 Å². The Morgan fingerprint density at radius 3 is 1.42 bits per heavy atom. The van der Waals surface area contributed by atoms with E-state index in [1.165, 1.54) is 132 Å². The molecule has 2 unspecified atom stereocenters. The van der Waals surface area contributed by atoms with Crippen LogP contribution in [-0.2, 0) is 21.7 Å². The van der Waals surface area contributed by atoms with Gasteiger partial charge in [0.2, 0.25) is 0 Å². The lowest BCUT2D eigenvalue weighted by molar-refractivity contribution is 0.568. The Labute approximate surface area is 411 Å². The average Bonchev–Trinajstić information content (AvgIpc) is 3.80. The largest absolute Gasteiger partial charge is 0.0776 e. The van der Waals surface area contributed by atoms with Gasteiger partial charge in [-0.1, -0.05) is 236 Å². The van der Waals surface area contributed by atoms with Crippen LogP contribution in [0.25, 0.3) is 98.7 Å². The molecule has 9 aromatic carbocycles. The van der Waals surface area contributed by atoms with Gasteiger partial charge in [-0.15, -0.1) is 0 Å². The monoisotopic (exact) mass is 897 g/mol. The Morgan fingerprint density at radius 1 is 0.319 bits per heavy atom. The number of rotatable bonds is 3. The first kappa shape index (κ1) is 45.0. The van der Waals surface area contributed by atoms with Crippen LogP contribution < -0.4 is 0 Å². The van der Waals surface area contributed by atoms with Crippen LogP contribution in [0.2, 0.25) is 0 Å². The minimum Gasteiger partial charge on any atom is -0.0776 e. The fraction of sp³-hybridized carbons (Fsp3) is 0.275. The van der Waals surface area contributed by atoms with Crippen molar-refractivity contribution < 1.29 is 0 Å². The summed E-state index contributed by atoms with van der Waals surface area (Å²) in [5, 5.41) is 10.7. The molecule has 0 N–H and O–H groups in total. The quantitative estimate of drug-likeness (QED) is 0.155. The Balaban J connectivity index is 0.00000520. The summed E-state index contributed by atoms with van der Waals surface area (Å²) in [6.45, 7) is 28.4. The van der Waals surface area contributed by atoms with Crippen molar-refractivity contribution in [2.24, 2.45) is 0 Å². The molecule has 2 atom stereocenters. The van der Waals surface area contributed by atoms with Gasteiger partial charge in [-0.25, -0.2) is 0 Å². The van der Waals surface area contributed by atoms with Crippen LogP contribution in [0.1, 0.15) is 136 Å². The van der Waals surface area contributed by atoms with E-state index in [-0.39, 0.29) is 29.1 Å². The van der Waals surface area contributed by atoms with Crippen LogP contribution in [0.15, 0.2) is 158 Å². The van der Waals surface area contributed by atoms with Crippen molar-refractivity contribution >= 4 is 43.1 Å². The maximum Gasteiger partial charge on any atom is 0.0131 e. The molecule has 0 saturated carbocycles. The van der Waals surface area contributed by atoms with Gasteiger partial charge in [0.05, 0.1) is 0 Å². The Hall–Kier alpha value is -6.50. The predicted octanol–water partition coefficient (Wildman–Crippen LogP) is 20.1. The topological polar surface area (TPSA) is 0 Å². The lowest BCUT2D eigenvalue weighted by Crippen LogP contribution is -2.17. The first-order valence-corrected chi connectivity index (χ1v) is 25.1. The molecule has 0 bridgehead atoms. The third kappa shape index (κ3) is 6.91. The van der Waals surface area contributed by atoms with E-state index in [9.17, 15) is 0 Å². The van der Waals surface area contributed by atoms with E-state index in [2.05, 4.69) is 241 Å². The highest BCUT2D eigenvalue weighted by molar-refractivity contribution is 6.31. The van der Waals surface area contributed by atoms with E-state index in [0.29, 0.717) is 11.8 Å². The molecule has 0 radical (unpaired) electrons. The third-order valence-electron chi connectivity index (χ3n) is 15.9. The summed E-state index contributed by atoms with van der Waals surface area (Å²) in [5.41, 5.74) is 21.4. The maximum absolute atomic E-state index is 2.58. The zero-order chi connectivity index (χ0) is 47.4. The molecule has 0 fully saturated rings. The molecule has 0 aliphatic heterocycles. The van der Waals surface area contributed by atoms with Crippen molar-refractivity contribution in [2.45, 2.75) is 124 Å². The minimum atomic E-state index is -0.0519. The second-order valence-electron chi connectivity index (χ2n) is 24.5. The molecular formula is C69H68. The van der Waals surface area contributed by atoms with Crippen LogP contribution in [0.5, 0.6) is 0 Å². The SMILES string of the molecule is C.CC(C)(C)c1cc(-c2c3c(c(-c4cc(C(C)(C)C)cc(C(C)(C)C)c4)c4cc(-c5ccc6c7c(cccc57)C5C=CC=CC65)ccc24)-c2cccc4c2c-3cc2ccccc24)cc(C(C)(C)C)c1. The molecular weight excluding hydrogens is 829 g/mol. The van der Waals surface area contributed by atoms with Crippen LogP contribution in [0.3, 0.4) is 0 Å². The van der Waals surface area contributed by atoms with Crippen molar-refractivity contribution in [3.8, 4) is 55.6 Å². The van der Waals surface area contributed by atoms with Gasteiger partial charge in [-0.2, -0.15) is 0 Å². The summed E-state index contributed by atoms with van der Waals surface area (Å²) in [6, 6.07) is 53.1. The first-order chi connectivity index (χ1) is 32.3. The second-order valence-corrected chi connectivity index (χ2v) is 24.5. The molecule has 0 spiro atoms. The molecule has 69 heavy (non-hydrogen) atoms. The fourth-order valence-corrected chi connectivity index (χ4v) is 12.1. The molecule has 0 heterocycles. The zero-order valence-electron chi connectivity index (χ0n) is 42.2. The minimum absolute atomic E-state index is 0. The van der Waals surface area contributed by atoms with E-state index in [0.717, 1.165) is 0 Å². The summed E-state index contributed by atoms with van der Waals surface area (Å²) in [7, 11) is 0. The molecule has 0 heteroatoms. The molecule has 12 rings (SSSR count). The number of fused-ring (bicyclic) bond motifs is 9. The fourth-order valence-electron chi connectivity index (χ4n) is 12.1. The summed E-state index contributed by atoms with van der Waals surface area (Å²) in [4.78, 5) is 0. The van der Waals surface area contributed by atoms with Gasteiger partial charge < -0.3 is 0 Å². The summed E-state index contributed by atoms with van der Waals surface area (Å²) in [6.07, 6.45) is 9.28. The molecule has 0 amide bonds. The predicted molar refractivity (Wildman–Crippen MR) is 302 cm³/mol. The van der Waals surface area contributed by atoms with Crippen molar-refractivity contribution in [1.29, 1.82) is 0 Å². The summed E-state index contributed by atoms with van der Waals surface area (Å²) < 4.78 is 0. The van der Waals surface area contributed by atoms with E-state index >= 15 is 0 Å². The van der Waals surface area contributed by atoms with Gasteiger partial charge in [0, 0.05) is 11.8 Å². The Kier molecular flexibility index (Phi) is 9.94. The van der Waals surface area contributed by atoms with Crippen LogP contribution in [0, 0.1) is 0 Å². The molecule has 3 aliphatic rings. The molecule has 0 nitrogen and oxygen atoms in total. The van der Waals surface area contributed by atoms with Crippen LogP contribution in [-0.4, -0.2) is 0 Å². The number of hydrogen-bond acceptors (Lipinski definition) is 0. The highest BCUT2D eigenvalue weighted by atomic mass is 14.4. The lowest BCUT2D eigenvalue weighted by atomic mass is 9.75. The van der Waals surface area contributed by atoms with Gasteiger partial charge in [0.15, 0.2) is 0 Å². The van der Waals surface area contributed by atoms with E-state index in [1.54, 1.807) is 0 Å². The smallest absolute Gasteiger partial charge is 0.0131 e. The molecule has 344 valence electrons. The van der Waals surface area contributed by atoms with Crippen LogP contribution >= 0.6 is 0 Å². The summed E-state index contributed by atoms with van der Waals surface area (Å²) in [5.74, 6) is 0.773. The van der Waals surface area contributed by atoms with Gasteiger partial charge in [0.1, 0.15) is 0 Å².